The molecule has 1 unspecified atom stereocenters. The largest absolute Gasteiger partial charge is 0.493 e. The molecule has 1 saturated heterocycles. The van der Waals surface area contributed by atoms with Crippen LogP contribution in [0.3, 0.4) is 0 Å². The van der Waals surface area contributed by atoms with Gasteiger partial charge in [-0.3, -0.25) is 20.4 Å². The number of methoxy groups -OCH3 is 1. The van der Waals surface area contributed by atoms with Gasteiger partial charge in [-0.05, 0) is 61.7 Å². The van der Waals surface area contributed by atoms with Crippen LogP contribution < -0.4 is 20.3 Å². The van der Waals surface area contributed by atoms with Gasteiger partial charge in [0.25, 0.3) is 5.91 Å². The summed E-state index contributed by atoms with van der Waals surface area (Å²) in [6.45, 7) is 2.69. The molecular formula is C23H28FN3O6S. The molecule has 0 aliphatic carbocycles. The van der Waals surface area contributed by atoms with Gasteiger partial charge in [0.05, 0.1) is 24.5 Å². The maximum Gasteiger partial charge on any atom is 0.269 e. The summed E-state index contributed by atoms with van der Waals surface area (Å²) in [6, 6.07) is 9.21. The number of hydrogen-bond acceptors (Lipinski definition) is 6. The molecule has 2 aromatic rings. The van der Waals surface area contributed by atoms with E-state index in [0.717, 1.165) is 18.6 Å². The van der Waals surface area contributed by atoms with Gasteiger partial charge in [0.15, 0.2) is 11.5 Å². The highest BCUT2D eigenvalue weighted by molar-refractivity contribution is 7.89. The Bertz CT molecular complexity index is 1120. The topological polar surface area (TPSA) is 114 Å². The molecule has 0 spiro atoms. The number of hydrazine groups is 1. The Morgan fingerprint density at radius 1 is 1.12 bits per heavy atom. The summed E-state index contributed by atoms with van der Waals surface area (Å²) in [5, 5.41) is 0. The van der Waals surface area contributed by atoms with Crippen LogP contribution in [0.15, 0.2) is 47.4 Å². The molecule has 0 bridgehead atoms. The Labute approximate surface area is 198 Å². The van der Waals surface area contributed by atoms with E-state index in [4.69, 9.17) is 9.47 Å². The minimum absolute atomic E-state index is 0.0384. The van der Waals surface area contributed by atoms with E-state index in [1.54, 1.807) is 12.1 Å². The number of ether oxygens (including phenoxy) is 2. The predicted molar refractivity (Wildman–Crippen MR) is 122 cm³/mol. The Morgan fingerprint density at radius 3 is 2.53 bits per heavy atom. The molecule has 1 atom stereocenters. The van der Waals surface area contributed by atoms with E-state index in [2.05, 4.69) is 10.9 Å². The van der Waals surface area contributed by atoms with Crippen molar-refractivity contribution in [2.24, 2.45) is 5.92 Å². The van der Waals surface area contributed by atoms with Crippen molar-refractivity contribution >= 4 is 21.8 Å². The van der Waals surface area contributed by atoms with Crippen molar-refractivity contribution in [3.63, 3.8) is 0 Å². The molecule has 0 saturated carbocycles. The molecule has 11 heteroatoms. The molecule has 1 aliphatic rings. The van der Waals surface area contributed by atoms with Crippen LogP contribution >= 0.6 is 0 Å². The first-order valence-corrected chi connectivity index (χ1v) is 12.4. The van der Waals surface area contributed by atoms with Crippen LogP contribution in [0.1, 0.15) is 36.5 Å². The van der Waals surface area contributed by atoms with E-state index < -0.39 is 33.6 Å². The van der Waals surface area contributed by atoms with Crippen LogP contribution in [0.5, 0.6) is 11.5 Å². The predicted octanol–water partition coefficient (Wildman–Crippen LogP) is 2.49. The lowest BCUT2D eigenvalue weighted by Gasteiger charge is -2.31. The fourth-order valence-corrected chi connectivity index (χ4v) is 5.09. The Balaban J connectivity index is 1.60. The zero-order valence-electron chi connectivity index (χ0n) is 19.0. The summed E-state index contributed by atoms with van der Waals surface area (Å²) < 4.78 is 50.9. The normalized spacial score (nSPS) is 16.5. The van der Waals surface area contributed by atoms with Gasteiger partial charge in [0.1, 0.15) is 5.82 Å². The monoisotopic (exact) mass is 493 g/mol. The number of carbonyl (C=O) groups is 2. The van der Waals surface area contributed by atoms with Gasteiger partial charge in [-0.25, -0.2) is 12.8 Å². The fraction of sp³-hybridized carbons (Fsp3) is 0.391. The first-order valence-electron chi connectivity index (χ1n) is 10.9. The second-order valence-corrected chi connectivity index (χ2v) is 9.75. The highest BCUT2D eigenvalue weighted by Gasteiger charge is 2.33. The van der Waals surface area contributed by atoms with E-state index in [1.807, 2.05) is 6.92 Å². The van der Waals surface area contributed by atoms with Crippen molar-refractivity contribution in [2.75, 3.05) is 26.8 Å². The third-order valence-corrected chi connectivity index (χ3v) is 7.27. The standard InChI is InChI=1S/C23H28FN3O6S/c1-3-13-33-20-11-6-16(14-21(20)32-2)22(28)25-26-23(29)17-5-4-12-27(15-17)34(30,31)19-9-7-18(24)8-10-19/h6-11,14,17H,3-5,12-13,15H2,1-2H3,(H,25,28)(H,26,29). The molecule has 1 aliphatic heterocycles. The van der Waals surface area contributed by atoms with Crippen LogP contribution in [0.25, 0.3) is 0 Å². The van der Waals surface area contributed by atoms with Gasteiger partial charge in [-0.1, -0.05) is 6.92 Å². The van der Waals surface area contributed by atoms with Crippen molar-refractivity contribution in [2.45, 2.75) is 31.1 Å². The van der Waals surface area contributed by atoms with Gasteiger partial charge in [0.2, 0.25) is 15.9 Å². The number of amides is 2. The van der Waals surface area contributed by atoms with Crippen LogP contribution in [0.4, 0.5) is 4.39 Å². The van der Waals surface area contributed by atoms with Crippen molar-refractivity contribution in [3.8, 4) is 11.5 Å². The van der Waals surface area contributed by atoms with Crippen LogP contribution in [-0.4, -0.2) is 51.3 Å². The number of hydrogen-bond donors (Lipinski definition) is 2. The van der Waals surface area contributed by atoms with E-state index in [1.165, 1.54) is 29.6 Å². The van der Waals surface area contributed by atoms with E-state index >= 15 is 0 Å². The number of nitrogens with zero attached hydrogens (tertiary/aromatic N) is 1. The summed E-state index contributed by atoms with van der Waals surface area (Å²) >= 11 is 0. The zero-order chi connectivity index (χ0) is 24.7. The van der Waals surface area contributed by atoms with Crippen LogP contribution in [0.2, 0.25) is 0 Å². The lowest BCUT2D eigenvalue weighted by Crippen LogP contribution is -2.50. The molecule has 2 amide bonds. The van der Waals surface area contributed by atoms with E-state index in [9.17, 15) is 22.4 Å². The quantitative estimate of drug-likeness (QED) is 0.546. The van der Waals surface area contributed by atoms with Crippen molar-refractivity contribution < 1.29 is 31.9 Å². The van der Waals surface area contributed by atoms with E-state index in [0.29, 0.717) is 30.9 Å². The summed E-state index contributed by atoms with van der Waals surface area (Å²) in [5.41, 5.74) is 4.99. The zero-order valence-corrected chi connectivity index (χ0v) is 19.9. The van der Waals surface area contributed by atoms with Gasteiger partial charge < -0.3 is 9.47 Å². The van der Waals surface area contributed by atoms with Gasteiger partial charge in [-0.15, -0.1) is 0 Å². The number of piperidine rings is 1. The molecule has 0 radical (unpaired) electrons. The molecule has 2 N–H and O–H groups in total. The van der Waals surface area contributed by atoms with Crippen LogP contribution in [-0.2, 0) is 14.8 Å². The van der Waals surface area contributed by atoms with Crippen LogP contribution in [0, 0.1) is 11.7 Å². The maximum atomic E-state index is 13.2. The second-order valence-electron chi connectivity index (χ2n) is 7.81. The van der Waals surface area contributed by atoms with E-state index in [-0.39, 0.29) is 23.5 Å². The second kappa shape index (κ2) is 11.3. The Hall–Kier alpha value is -3.18. The number of sulfonamides is 1. The lowest BCUT2D eigenvalue weighted by atomic mass is 9.99. The number of carbonyl (C=O) groups excluding carboxylic acids is 2. The molecular weight excluding hydrogens is 465 g/mol. The van der Waals surface area contributed by atoms with Gasteiger partial charge in [-0.2, -0.15) is 4.31 Å². The molecule has 9 nitrogen and oxygen atoms in total. The van der Waals surface area contributed by atoms with Crippen molar-refractivity contribution in [3.05, 3.63) is 53.8 Å². The molecule has 1 heterocycles. The molecule has 2 aromatic carbocycles. The smallest absolute Gasteiger partial charge is 0.269 e. The van der Waals surface area contributed by atoms with Crippen molar-refractivity contribution in [1.82, 2.24) is 15.2 Å². The molecule has 34 heavy (non-hydrogen) atoms. The molecule has 3 rings (SSSR count). The third-order valence-electron chi connectivity index (χ3n) is 5.39. The summed E-state index contributed by atoms with van der Waals surface area (Å²) in [6.07, 6.45) is 1.76. The first-order chi connectivity index (χ1) is 16.3. The average molecular weight is 494 g/mol. The van der Waals surface area contributed by atoms with Gasteiger partial charge in [0, 0.05) is 18.7 Å². The minimum atomic E-state index is -3.86. The first kappa shape index (κ1) is 25.4. The third kappa shape index (κ3) is 6.03. The SMILES string of the molecule is CCCOc1ccc(C(=O)NNC(=O)C2CCCN(S(=O)(=O)c3ccc(F)cc3)C2)cc1OC. The Morgan fingerprint density at radius 2 is 1.85 bits per heavy atom. The minimum Gasteiger partial charge on any atom is -0.493 e. The number of halogens is 1. The molecule has 0 aromatic heterocycles. The average Bonchev–Trinajstić information content (AvgIpc) is 2.86. The highest BCUT2D eigenvalue weighted by atomic mass is 32.2. The van der Waals surface area contributed by atoms with Gasteiger partial charge >= 0.3 is 0 Å². The number of nitrogens with one attached hydrogen (secondary N) is 2. The Kier molecular flexibility index (Phi) is 8.46. The summed E-state index contributed by atoms with van der Waals surface area (Å²) in [7, 11) is -2.40. The number of rotatable bonds is 8. The fourth-order valence-electron chi connectivity index (χ4n) is 3.56. The number of benzene rings is 2. The summed E-state index contributed by atoms with van der Waals surface area (Å²) in [4.78, 5) is 25.1. The van der Waals surface area contributed by atoms with Crippen molar-refractivity contribution in [1.29, 1.82) is 0 Å². The lowest BCUT2D eigenvalue weighted by molar-refractivity contribution is -0.126. The summed E-state index contributed by atoms with van der Waals surface area (Å²) in [5.74, 6) is -1.34. The maximum absolute atomic E-state index is 13.2. The highest BCUT2D eigenvalue weighted by Crippen LogP contribution is 2.28. The molecule has 184 valence electrons. The molecule has 1 fully saturated rings.